The summed E-state index contributed by atoms with van der Waals surface area (Å²) in [6.07, 6.45) is 1.82. The zero-order valence-corrected chi connectivity index (χ0v) is 12.6. The molecule has 0 spiro atoms. The molecule has 1 aromatic rings. The molecule has 0 radical (unpaired) electrons. The molecule has 1 fully saturated rings. The van der Waals surface area contributed by atoms with Crippen molar-refractivity contribution in [2.45, 2.75) is 19.8 Å². The van der Waals surface area contributed by atoms with Crippen LogP contribution in [0.2, 0.25) is 0 Å². The van der Waals surface area contributed by atoms with Crippen LogP contribution >= 0.6 is 12.4 Å². The van der Waals surface area contributed by atoms with Gasteiger partial charge in [-0.1, -0.05) is 0 Å². The first-order chi connectivity index (χ1) is 9.56. The van der Waals surface area contributed by atoms with Crippen LogP contribution in [0, 0.1) is 11.7 Å². The minimum absolute atomic E-state index is 0. The molecule has 5 nitrogen and oxygen atoms in total. The van der Waals surface area contributed by atoms with Crippen LogP contribution in [0.3, 0.4) is 0 Å². The lowest BCUT2D eigenvalue weighted by atomic mass is 9.99. The molecule has 0 saturated carbocycles. The van der Waals surface area contributed by atoms with E-state index < -0.39 is 5.82 Å². The maximum Gasteiger partial charge on any atom is 0.228 e. The Hall–Kier alpha value is -1.66. The minimum Gasteiger partial charge on any atom is -0.326 e. The number of piperidine rings is 1. The Bertz CT molecular complexity index is 519. The van der Waals surface area contributed by atoms with Crippen molar-refractivity contribution in [3.8, 4) is 0 Å². The molecular formula is C14H19ClFN3O2. The van der Waals surface area contributed by atoms with Crippen molar-refractivity contribution in [2.24, 2.45) is 5.92 Å². The lowest BCUT2D eigenvalue weighted by Gasteiger charge is -2.22. The van der Waals surface area contributed by atoms with Gasteiger partial charge in [0.05, 0.1) is 11.6 Å². The molecule has 1 heterocycles. The molecule has 0 aromatic heterocycles. The molecular weight excluding hydrogens is 297 g/mol. The number of halogens is 2. The van der Waals surface area contributed by atoms with Gasteiger partial charge >= 0.3 is 0 Å². The quantitative estimate of drug-likeness (QED) is 0.800. The zero-order valence-electron chi connectivity index (χ0n) is 11.7. The molecule has 0 unspecified atom stereocenters. The van der Waals surface area contributed by atoms with Gasteiger partial charge in [0.25, 0.3) is 0 Å². The van der Waals surface area contributed by atoms with Crippen LogP contribution in [0.25, 0.3) is 0 Å². The first kappa shape index (κ1) is 17.4. The third-order valence-electron chi connectivity index (χ3n) is 3.21. The fraction of sp³-hybridized carbons (Fsp3) is 0.429. The molecule has 7 heteroatoms. The van der Waals surface area contributed by atoms with Crippen molar-refractivity contribution in [1.82, 2.24) is 5.32 Å². The Morgan fingerprint density at radius 1 is 1.33 bits per heavy atom. The second-order valence-corrected chi connectivity index (χ2v) is 4.91. The highest BCUT2D eigenvalue weighted by molar-refractivity contribution is 5.94. The van der Waals surface area contributed by atoms with Gasteiger partial charge in [-0.05, 0) is 37.6 Å². The molecule has 1 aliphatic rings. The third-order valence-corrected chi connectivity index (χ3v) is 3.21. The summed E-state index contributed by atoms with van der Waals surface area (Å²) in [6.45, 7) is 2.90. The van der Waals surface area contributed by atoms with Crippen LogP contribution in [0.5, 0.6) is 0 Å². The summed E-state index contributed by atoms with van der Waals surface area (Å²) < 4.78 is 13.5. The van der Waals surface area contributed by atoms with E-state index in [0.29, 0.717) is 12.2 Å². The van der Waals surface area contributed by atoms with Crippen molar-refractivity contribution in [3.05, 3.63) is 24.0 Å². The highest BCUT2D eigenvalue weighted by atomic mass is 35.5. The standard InChI is InChI=1S/C14H18FN3O2.ClH/c1-9(19)17-13-7-11(4-5-12(13)15)18-14(20)10-3-2-6-16-8-10;/h4-5,7,10,16H,2-3,6,8H2,1H3,(H,17,19)(H,18,20);1H/t10-;/m1./s1. The first-order valence-electron chi connectivity index (χ1n) is 6.65. The summed E-state index contributed by atoms with van der Waals surface area (Å²) in [4.78, 5) is 23.0. The number of anilines is 2. The SMILES string of the molecule is CC(=O)Nc1cc(NC(=O)[C@@H]2CCCNC2)ccc1F.Cl. The van der Waals surface area contributed by atoms with Gasteiger partial charge in [-0.25, -0.2) is 4.39 Å². The van der Waals surface area contributed by atoms with E-state index in [-0.39, 0.29) is 35.8 Å². The normalized spacial score (nSPS) is 17.5. The van der Waals surface area contributed by atoms with Crippen LogP contribution in [0.4, 0.5) is 15.8 Å². The molecule has 1 aliphatic heterocycles. The van der Waals surface area contributed by atoms with Gasteiger partial charge in [0.1, 0.15) is 5.82 Å². The molecule has 3 N–H and O–H groups in total. The summed E-state index contributed by atoms with van der Waals surface area (Å²) in [7, 11) is 0. The van der Waals surface area contributed by atoms with E-state index in [0.717, 1.165) is 19.4 Å². The molecule has 2 rings (SSSR count). The summed E-state index contributed by atoms with van der Waals surface area (Å²) in [6, 6.07) is 4.12. The van der Waals surface area contributed by atoms with E-state index in [9.17, 15) is 14.0 Å². The second kappa shape index (κ2) is 7.95. The number of carbonyl (C=O) groups is 2. The Morgan fingerprint density at radius 3 is 2.71 bits per heavy atom. The lowest BCUT2D eigenvalue weighted by Crippen LogP contribution is -2.37. The summed E-state index contributed by atoms with van der Waals surface area (Å²) in [5.41, 5.74) is 0.544. The highest BCUT2D eigenvalue weighted by Gasteiger charge is 2.21. The van der Waals surface area contributed by atoms with E-state index in [4.69, 9.17) is 0 Å². The number of nitrogens with one attached hydrogen (secondary N) is 3. The largest absolute Gasteiger partial charge is 0.326 e. The number of hydrogen-bond acceptors (Lipinski definition) is 3. The van der Waals surface area contributed by atoms with Gasteiger partial charge in [-0.15, -0.1) is 12.4 Å². The Balaban J connectivity index is 0.00000220. The fourth-order valence-corrected chi connectivity index (χ4v) is 2.21. The molecule has 0 bridgehead atoms. The Labute approximate surface area is 129 Å². The van der Waals surface area contributed by atoms with Gasteiger partial charge in [0.15, 0.2) is 0 Å². The van der Waals surface area contributed by atoms with Crippen molar-refractivity contribution >= 4 is 35.6 Å². The summed E-state index contributed by atoms with van der Waals surface area (Å²) in [5.74, 6) is -1.04. The molecule has 21 heavy (non-hydrogen) atoms. The smallest absolute Gasteiger partial charge is 0.228 e. The predicted octanol–water partition coefficient (Wildman–Crippen LogP) is 2.14. The molecule has 1 saturated heterocycles. The van der Waals surface area contributed by atoms with Crippen molar-refractivity contribution in [2.75, 3.05) is 23.7 Å². The van der Waals surface area contributed by atoms with Gasteiger partial charge in [-0.2, -0.15) is 0 Å². The van der Waals surface area contributed by atoms with Crippen LogP contribution in [-0.2, 0) is 9.59 Å². The summed E-state index contributed by atoms with van der Waals surface area (Å²) in [5, 5.41) is 8.31. The molecule has 116 valence electrons. The van der Waals surface area contributed by atoms with E-state index in [2.05, 4.69) is 16.0 Å². The molecule has 2 amide bonds. The van der Waals surface area contributed by atoms with Gasteiger partial charge in [0, 0.05) is 19.2 Å². The van der Waals surface area contributed by atoms with Crippen LogP contribution in [-0.4, -0.2) is 24.9 Å². The number of benzene rings is 1. The molecule has 0 aliphatic carbocycles. The van der Waals surface area contributed by atoms with E-state index in [1.165, 1.54) is 25.1 Å². The van der Waals surface area contributed by atoms with E-state index in [1.54, 1.807) is 0 Å². The molecule has 1 atom stereocenters. The monoisotopic (exact) mass is 315 g/mol. The van der Waals surface area contributed by atoms with Crippen molar-refractivity contribution in [3.63, 3.8) is 0 Å². The predicted molar refractivity (Wildman–Crippen MR) is 82.2 cm³/mol. The third kappa shape index (κ3) is 4.99. The van der Waals surface area contributed by atoms with Crippen molar-refractivity contribution in [1.29, 1.82) is 0 Å². The average Bonchev–Trinajstić information content (AvgIpc) is 2.43. The minimum atomic E-state index is -0.530. The van der Waals surface area contributed by atoms with E-state index >= 15 is 0 Å². The fourth-order valence-electron chi connectivity index (χ4n) is 2.21. The number of carbonyl (C=O) groups excluding carboxylic acids is 2. The van der Waals surface area contributed by atoms with Crippen LogP contribution < -0.4 is 16.0 Å². The average molecular weight is 316 g/mol. The Morgan fingerprint density at radius 2 is 2.10 bits per heavy atom. The number of hydrogen-bond donors (Lipinski definition) is 3. The summed E-state index contributed by atoms with van der Waals surface area (Å²) >= 11 is 0. The topological polar surface area (TPSA) is 70.2 Å². The van der Waals surface area contributed by atoms with Crippen LogP contribution in [0.15, 0.2) is 18.2 Å². The van der Waals surface area contributed by atoms with Crippen molar-refractivity contribution < 1.29 is 14.0 Å². The first-order valence-corrected chi connectivity index (χ1v) is 6.65. The van der Waals surface area contributed by atoms with E-state index in [1.807, 2.05) is 0 Å². The number of rotatable bonds is 3. The highest BCUT2D eigenvalue weighted by Crippen LogP contribution is 2.21. The maximum atomic E-state index is 13.5. The maximum absolute atomic E-state index is 13.5. The van der Waals surface area contributed by atoms with Gasteiger partial charge in [0.2, 0.25) is 11.8 Å². The number of amides is 2. The van der Waals surface area contributed by atoms with Crippen LogP contribution in [0.1, 0.15) is 19.8 Å². The van der Waals surface area contributed by atoms with Gasteiger partial charge < -0.3 is 16.0 Å². The Kier molecular flexibility index (Phi) is 6.58. The molecule has 1 aromatic carbocycles. The zero-order chi connectivity index (χ0) is 14.5. The van der Waals surface area contributed by atoms with Gasteiger partial charge in [-0.3, -0.25) is 9.59 Å². The second-order valence-electron chi connectivity index (χ2n) is 4.91. The lowest BCUT2D eigenvalue weighted by molar-refractivity contribution is -0.120.